The van der Waals surface area contributed by atoms with Gasteiger partial charge in [-0.05, 0) is 73.9 Å². The number of halogens is 1. The second kappa shape index (κ2) is 10.7. The number of nitriles is 1. The van der Waals surface area contributed by atoms with Crippen LogP contribution in [0.4, 0.5) is 10.1 Å². The van der Waals surface area contributed by atoms with E-state index in [-0.39, 0.29) is 40.5 Å². The Balaban J connectivity index is 1.25. The summed E-state index contributed by atoms with van der Waals surface area (Å²) >= 11 is 1.68. The number of sulfone groups is 1. The van der Waals surface area contributed by atoms with Gasteiger partial charge < -0.3 is 10.2 Å². The molecule has 10 heteroatoms. The van der Waals surface area contributed by atoms with E-state index in [1.54, 1.807) is 11.3 Å². The van der Waals surface area contributed by atoms with Crippen molar-refractivity contribution in [2.75, 3.05) is 29.5 Å². The molecule has 1 aromatic heterocycles. The molecule has 1 amide bonds. The lowest BCUT2D eigenvalue weighted by molar-refractivity contribution is -0.127. The van der Waals surface area contributed by atoms with Crippen molar-refractivity contribution in [2.45, 2.75) is 68.2 Å². The number of thiazole rings is 1. The fraction of sp³-hybridized carbons (Fsp3) is 0.485. The zero-order chi connectivity index (χ0) is 29.8. The molecule has 4 fully saturated rings. The summed E-state index contributed by atoms with van der Waals surface area (Å²) in [5, 5.41) is 13.7. The van der Waals surface area contributed by atoms with Gasteiger partial charge in [-0.25, -0.2) is 17.8 Å². The van der Waals surface area contributed by atoms with Crippen LogP contribution in [0.15, 0.2) is 48.5 Å². The normalized spacial score (nSPS) is 25.0. The monoisotopic (exact) mass is 618 g/mol. The fourth-order valence-corrected chi connectivity index (χ4v) is 9.41. The zero-order valence-electron chi connectivity index (χ0n) is 24.0. The summed E-state index contributed by atoms with van der Waals surface area (Å²) in [5.41, 5.74) is 3.10. The van der Waals surface area contributed by atoms with Crippen LogP contribution in [0.3, 0.4) is 0 Å². The minimum Gasteiger partial charge on any atom is -0.369 e. The quantitative estimate of drug-likeness (QED) is 0.364. The van der Waals surface area contributed by atoms with Crippen LogP contribution >= 0.6 is 11.3 Å². The maximum absolute atomic E-state index is 13.8. The summed E-state index contributed by atoms with van der Waals surface area (Å²) in [6.07, 6.45) is 6.91. The molecule has 224 valence electrons. The summed E-state index contributed by atoms with van der Waals surface area (Å²) in [6, 6.07) is 17.3. The van der Waals surface area contributed by atoms with E-state index in [0.29, 0.717) is 25.9 Å². The highest BCUT2D eigenvalue weighted by Gasteiger charge is 2.50. The number of rotatable bonds is 7. The van der Waals surface area contributed by atoms with E-state index in [0.717, 1.165) is 70.9 Å². The first kappa shape index (κ1) is 28.5. The molecular weight excluding hydrogens is 584 g/mol. The average Bonchev–Trinajstić information content (AvgIpc) is 3.95. The first-order chi connectivity index (χ1) is 20.7. The Labute approximate surface area is 256 Å². The molecule has 0 unspecified atom stereocenters. The summed E-state index contributed by atoms with van der Waals surface area (Å²) in [7, 11) is -2.96. The first-order valence-corrected chi connectivity index (χ1v) is 17.9. The molecule has 0 radical (unpaired) electrons. The van der Waals surface area contributed by atoms with Gasteiger partial charge in [0.15, 0.2) is 9.84 Å². The number of nitrogens with one attached hydrogen (secondary N) is 1. The average molecular weight is 619 g/mol. The molecular formula is C33H35FN4O3S2. The molecule has 3 aromatic rings. The number of nitrogens with zero attached hydrogens (tertiary/aromatic N) is 3. The minimum atomic E-state index is -2.96. The van der Waals surface area contributed by atoms with Crippen molar-refractivity contribution in [3.8, 4) is 16.5 Å². The van der Waals surface area contributed by atoms with Gasteiger partial charge in [-0.1, -0.05) is 37.1 Å². The fourth-order valence-electron chi connectivity index (χ4n) is 6.80. The van der Waals surface area contributed by atoms with Crippen LogP contribution in [0.5, 0.6) is 0 Å². The molecule has 3 saturated carbocycles. The molecule has 2 aromatic carbocycles. The van der Waals surface area contributed by atoms with E-state index in [2.05, 4.69) is 40.6 Å². The van der Waals surface area contributed by atoms with E-state index in [1.807, 2.05) is 12.1 Å². The van der Waals surface area contributed by atoms with Crippen molar-refractivity contribution >= 4 is 32.8 Å². The van der Waals surface area contributed by atoms with Crippen LogP contribution in [0.1, 0.15) is 73.5 Å². The Bertz CT molecular complexity index is 1670. The number of amides is 1. The second-order valence-electron chi connectivity index (χ2n) is 12.7. The van der Waals surface area contributed by atoms with E-state index in [9.17, 15) is 22.9 Å². The van der Waals surface area contributed by atoms with Gasteiger partial charge >= 0.3 is 0 Å². The number of hydrogen-bond donors (Lipinski definition) is 1. The highest BCUT2D eigenvalue weighted by Crippen LogP contribution is 2.57. The molecule has 2 atom stereocenters. The van der Waals surface area contributed by atoms with Crippen LogP contribution in [-0.4, -0.2) is 49.4 Å². The van der Waals surface area contributed by atoms with Gasteiger partial charge in [0.1, 0.15) is 16.4 Å². The number of anilines is 1. The third-order valence-electron chi connectivity index (χ3n) is 9.83. The first-order valence-electron chi connectivity index (χ1n) is 15.3. The van der Waals surface area contributed by atoms with Gasteiger partial charge in [-0.3, -0.25) is 4.79 Å². The summed E-state index contributed by atoms with van der Waals surface area (Å²) in [6.45, 7) is 0.974. The van der Waals surface area contributed by atoms with E-state index >= 15 is 0 Å². The maximum Gasteiger partial charge on any atom is 0.225 e. The van der Waals surface area contributed by atoms with Crippen LogP contribution in [0, 0.1) is 23.1 Å². The largest absolute Gasteiger partial charge is 0.369 e. The molecule has 2 heterocycles. The van der Waals surface area contributed by atoms with Crippen molar-refractivity contribution in [3.63, 3.8) is 0 Å². The van der Waals surface area contributed by atoms with Gasteiger partial charge in [0.05, 0.1) is 28.1 Å². The van der Waals surface area contributed by atoms with Gasteiger partial charge in [0, 0.05) is 36.0 Å². The number of benzene rings is 2. The molecule has 4 aliphatic rings. The van der Waals surface area contributed by atoms with Gasteiger partial charge in [0.2, 0.25) is 5.91 Å². The van der Waals surface area contributed by atoms with Crippen molar-refractivity contribution in [3.05, 3.63) is 70.6 Å². The standard InChI is InChI=1S/C33H35FN4O3S2/c34-24-9-7-23(8-10-24)33(15-16-33)31-36-28(26-3-1-2-4-27(26)30(39)37-32(21-35)13-14-32)29(42-31)22-5-11-25(12-6-22)38-17-19-43(40,41)20-18-38/h5-12,26-27H,1-4,13-20H2,(H,37,39)/t26-,27-/m1/s1. The number of carbonyl (C=O) groups is 1. The Hall–Kier alpha value is -3.29. The third-order valence-corrected chi connectivity index (χ3v) is 12.8. The van der Waals surface area contributed by atoms with E-state index < -0.39 is 15.4 Å². The van der Waals surface area contributed by atoms with Crippen LogP contribution in [0.25, 0.3) is 10.4 Å². The zero-order valence-corrected chi connectivity index (χ0v) is 25.7. The molecule has 43 heavy (non-hydrogen) atoms. The Morgan fingerprint density at radius 3 is 2.30 bits per heavy atom. The number of carbonyl (C=O) groups excluding carboxylic acids is 1. The SMILES string of the molecule is N#CC1(NC(=O)[C@@H]2CCCC[C@H]2c2nc(C3(c4ccc(F)cc4)CC3)sc2-c2ccc(N3CCS(=O)(=O)CC3)cc2)CC1. The Morgan fingerprint density at radius 1 is 1.00 bits per heavy atom. The molecule has 1 aliphatic heterocycles. The lowest BCUT2D eigenvalue weighted by atomic mass is 9.76. The predicted molar refractivity (Wildman–Crippen MR) is 165 cm³/mol. The lowest BCUT2D eigenvalue weighted by Gasteiger charge is -2.31. The van der Waals surface area contributed by atoms with Crippen LogP contribution in [-0.2, 0) is 20.0 Å². The highest BCUT2D eigenvalue weighted by atomic mass is 32.2. The number of aromatic nitrogens is 1. The molecule has 7 rings (SSSR count). The Morgan fingerprint density at radius 2 is 1.67 bits per heavy atom. The van der Waals surface area contributed by atoms with E-state index in [4.69, 9.17) is 4.98 Å². The van der Waals surface area contributed by atoms with Crippen molar-refractivity contribution in [2.24, 2.45) is 5.92 Å². The van der Waals surface area contributed by atoms with Gasteiger partial charge in [0.25, 0.3) is 0 Å². The lowest BCUT2D eigenvalue weighted by Crippen LogP contribution is -2.42. The predicted octanol–water partition coefficient (Wildman–Crippen LogP) is 5.71. The molecule has 3 aliphatic carbocycles. The van der Waals surface area contributed by atoms with Gasteiger partial charge in [-0.15, -0.1) is 11.3 Å². The molecule has 1 N–H and O–H groups in total. The molecule has 1 saturated heterocycles. The van der Waals surface area contributed by atoms with Crippen molar-refractivity contribution in [1.29, 1.82) is 5.26 Å². The smallest absolute Gasteiger partial charge is 0.225 e. The van der Waals surface area contributed by atoms with Gasteiger partial charge in [-0.2, -0.15) is 5.26 Å². The van der Waals surface area contributed by atoms with Crippen molar-refractivity contribution in [1.82, 2.24) is 10.3 Å². The van der Waals surface area contributed by atoms with E-state index in [1.165, 1.54) is 12.1 Å². The molecule has 0 bridgehead atoms. The molecule has 0 spiro atoms. The maximum atomic E-state index is 13.8. The van der Waals surface area contributed by atoms with Crippen molar-refractivity contribution < 1.29 is 17.6 Å². The second-order valence-corrected chi connectivity index (χ2v) is 16.0. The minimum absolute atomic E-state index is 0.0423. The van der Waals surface area contributed by atoms with Crippen LogP contribution in [0.2, 0.25) is 0 Å². The Kier molecular flexibility index (Phi) is 7.09. The third kappa shape index (κ3) is 5.46. The number of hydrogen-bond acceptors (Lipinski definition) is 7. The molecule has 7 nitrogen and oxygen atoms in total. The summed E-state index contributed by atoms with van der Waals surface area (Å²) in [4.78, 5) is 22.1. The van der Waals surface area contributed by atoms with Crippen LogP contribution < -0.4 is 10.2 Å². The summed E-state index contributed by atoms with van der Waals surface area (Å²) in [5.74, 6) is -0.266. The topological polar surface area (TPSA) is 103 Å². The highest BCUT2D eigenvalue weighted by molar-refractivity contribution is 7.91. The summed E-state index contributed by atoms with van der Waals surface area (Å²) < 4.78 is 37.7.